The van der Waals surface area contributed by atoms with Crippen molar-refractivity contribution in [2.75, 3.05) is 11.9 Å². The predicted molar refractivity (Wildman–Crippen MR) is 75.2 cm³/mol. The molecular formula is C15H14N4. The van der Waals surface area contributed by atoms with Crippen LogP contribution in [-0.2, 0) is 6.54 Å². The van der Waals surface area contributed by atoms with Crippen molar-refractivity contribution in [1.82, 2.24) is 14.5 Å². The van der Waals surface area contributed by atoms with Gasteiger partial charge in [0.15, 0.2) is 0 Å². The van der Waals surface area contributed by atoms with Gasteiger partial charge in [-0.2, -0.15) is 0 Å². The van der Waals surface area contributed by atoms with Crippen LogP contribution in [0.1, 0.15) is 11.5 Å². The summed E-state index contributed by atoms with van der Waals surface area (Å²) in [5, 5.41) is 3.43. The summed E-state index contributed by atoms with van der Waals surface area (Å²) in [6.45, 7) is 1.89. The number of hydrogen-bond donors (Lipinski definition) is 1. The number of imidazole rings is 1. The summed E-state index contributed by atoms with van der Waals surface area (Å²) >= 11 is 0. The van der Waals surface area contributed by atoms with Crippen LogP contribution in [0, 0.1) is 0 Å². The zero-order valence-corrected chi connectivity index (χ0v) is 10.5. The molecule has 0 spiro atoms. The van der Waals surface area contributed by atoms with E-state index in [0.29, 0.717) is 5.92 Å². The molecule has 1 aliphatic rings. The summed E-state index contributed by atoms with van der Waals surface area (Å²) < 4.78 is 2.27. The molecule has 0 bridgehead atoms. The summed E-state index contributed by atoms with van der Waals surface area (Å²) in [5.41, 5.74) is 3.58. The average Bonchev–Trinajstić information content (AvgIpc) is 2.86. The lowest BCUT2D eigenvalue weighted by atomic mass is 9.99. The monoisotopic (exact) mass is 250 g/mol. The minimum atomic E-state index is 0.466. The first-order valence-electron chi connectivity index (χ1n) is 6.51. The quantitative estimate of drug-likeness (QED) is 0.722. The molecule has 1 aliphatic heterocycles. The second-order valence-corrected chi connectivity index (χ2v) is 4.89. The largest absolute Gasteiger partial charge is 0.355 e. The third-order valence-corrected chi connectivity index (χ3v) is 3.74. The lowest BCUT2D eigenvalue weighted by Gasteiger charge is -2.25. The van der Waals surface area contributed by atoms with Crippen molar-refractivity contribution >= 4 is 17.0 Å². The number of nitrogens with one attached hydrogen (secondary N) is 1. The Morgan fingerprint density at radius 2 is 1.95 bits per heavy atom. The van der Waals surface area contributed by atoms with E-state index in [0.717, 1.165) is 24.6 Å². The average molecular weight is 250 g/mol. The van der Waals surface area contributed by atoms with Crippen molar-refractivity contribution in [2.24, 2.45) is 0 Å². The normalized spacial score (nSPS) is 18.0. The van der Waals surface area contributed by atoms with Gasteiger partial charge in [-0.3, -0.25) is 4.98 Å². The molecule has 19 heavy (non-hydrogen) atoms. The Kier molecular flexibility index (Phi) is 2.27. The van der Waals surface area contributed by atoms with Crippen LogP contribution in [0.2, 0.25) is 0 Å². The number of para-hydroxylation sites is 2. The van der Waals surface area contributed by atoms with Crippen molar-refractivity contribution in [3.8, 4) is 0 Å². The van der Waals surface area contributed by atoms with Gasteiger partial charge >= 0.3 is 0 Å². The molecule has 1 atom stereocenters. The van der Waals surface area contributed by atoms with Gasteiger partial charge in [-0.15, -0.1) is 0 Å². The molecule has 0 aliphatic carbocycles. The fraction of sp³-hybridized carbons (Fsp3) is 0.200. The Balaban J connectivity index is 1.77. The van der Waals surface area contributed by atoms with Crippen LogP contribution in [0.4, 0.5) is 5.95 Å². The summed E-state index contributed by atoms with van der Waals surface area (Å²) in [5.74, 6) is 1.44. The Bertz CT molecular complexity index is 717. The molecule has 0 amide bonds. The number of aromatic nitrogens is 3. The highest BCUT2D eigenvalue weighted by molar-refractivity contribution is 5.78. The van der Waals surface area contributed by atoms with Crippen LogP contribution < -0.4 is 5.32 Å². The van der Waals surface area contributed by atoms with E-state index in [-0.39, 0.29) is 0 Å². The van der Waals surface area contributed by atoms with E-state index in [2.05, 4.69) is 50.2 Å². The van der Waals surface area contributed by atoms with Gasteiger partial charge in [0, 0.05) is 31.4 Å². The predicted octanol–water partition coefficient (Wildman–Crippen LogP) is 2.64. The Morgan fingerprint density at radius 3 is 2.84 bits per heavy atom. The van der Waals surface area contributed by atoms with Gasteiger partial charge in [0.05, 0.1) is 11.0 Å². The minimum Gasteiger partial charge on any atom is -0.355 e. The van der Waals surface area contributed by atoms with Crippen LogP contribution >= 0.6 is 0 Å². The SMILES string of the molecule is c1ccc2c(c1)nc1n2CC(c2ccncc2)CN1. The first-order valence-corrected chi connectivity index (χ1v) is 6.51. The molecule has 3 aromatic rings. The molecule has 4 nitrogen and oxygen atoms in total. The van der Waals surface area contributed by atoms with Gasteiger partial charge in [-0.1, -0.05) is 12.1 Å². The maximum Gasteiger partial charge on any atom is 0.203 e. The number of benzene rings is 1. The van der Waals surface area contributed by atoms with Crippen molar-refractivity contribution in [3.05, 3.63) is 54.4 Å². The standard InChI is InChI=1S/C15H14N4/c1-2-4-14-13(3-1)18-15-17-9-12(10-19(14)15)11-5-7-16-8-6-11/h1-8,12H,9-10H2,(H,17,18). The Hall–Kier alpha value is -2.36. The highest BCUT2D eigenvalue weighted by atomic mass is 15.2. The number of nitrogens with zero attached hydrogens (tertiary/aromatic N) is 3. The number of anilines is 1. The zero-order valence-electron chi connectivity index (χ0n) is 10.5. The minimum absolute atomic E-state index is 0.466. The summed E-state index contributed by atoms with van der Waals surface area (Å²) in [4.78, 5) is 8.71. The van der Waals surface area contributed by atoms with Gasteiger partial charge in [0.25, 0.3) is 0 Å². The van der Waals surface area contributed by atoms with Crippen molar-refractivity contribution in [2.45, 2.75) is 12.5 Å². The molecule has 0 fully saturated rings. The van der Waals surface area contributed by atoms with Gasteiger partial charge in [0.2, 0.25) is 5.95 Å². The van der Waals surface area contributed by atoms with E-state index in [1.54, 1.807) is 0 Å². The molecule has 94 valence electrons. The van der Waals surface area contributed by atoms with E-state index >= 15 is 0 Å². The fourth-order valence-electron chi connectivity index (χ4n) is 2.75. The van der Waals surface area contributed by atoms with E-state index in [1.807, 2.05) is 18.5 Å². The van der Waals surface area contributed by atoms with Crippen LogP contribution in [-0.4, -0.2) is 21.1 Å². The zero-order chi connectivity index (χ0) is 12.7. The molecule has 1 aromatic carbocycles. The summed E-state index contributed by atoms with van der Waals surface area (Å²) in [7, 11) is 0. The number of pyridine rings is 1. The lowest BCUT2D eigenvalue weighted by molar-refractivity contribution is 0.559. The Labute approximate surface area is 111 Å². The first-order chi connectivity index (χ1) is 9.42. The first kappa shape index (κ1) is 10.6. The number of fused-ring (bicyclic) bond motifs is 3. The highest BCUT2D eigenvalue weighted by Crippen LogP contribution is 2.28. The lowest BCUT2D eigenvalue weighted by Crippen LogP contribution is -2.25. The van der Waals surface area contributed by atoms with Crippen molar-refractivity contribution < 1.29 is 0 Å². The Morgan fingerprint density at radius 1 is 1.11 bits per heavy atom. The molecule has 1 N–H and O–H groups in total. The van der Waals surface area contributed by atoms with Crippen LogP contribution in [0.5, 0.6) is 0 Å². The molecule has 1 unspecified atom stereocenters. The van der Waals surface area contributed by atoms with E-state index in [9.17, 15) is 0 Å². The molecular weight excluding hydrogens is 236 g/mol. The molecule has 4 rings (SSSR count). The number of hydrogen-bond acceptors (Lipinski definition) is 3. The van der Waals surface area contributed by atoms with Crippen molar-refractivity contribution in [3.63, 3.8) is 0 Å². The van der Waals surface area contributed by atoms with Crippen LogP contribution in [0.15, 0.2) is 48.8 Å². The second kappa shape index (κ2) is 4.09. The van der Waals surface area contributed by atoms with E-state index in [4.69, 9.17) is 0 Å². The second-order valence-electron chi connectivity index (χ2n) is 4.89. The molecule has 2 aromatic heterocycles. The number of rotatable bonds is 1. The molecule has 0 saturated heterocycles. The fourth-order valence-corrected chi connectivity index (χ4v) is 2.75. The van der Waals surface area contributed by atoms with Crippen LogP contribution in [0.25, 0.3) is 11.0 Å². The van der Waals surface area contributed by atoms with Gasteiger partial charge < -0.3 is 9.88 Å². The maximum absolute atomic E-state index is 4.62. The molecule has 3 heterocycles. The summed E-state index contributed by atoms with van der Waals surface area (Å²) in [6.07, 6.45) is 3.72. The van der Waals surface area contributed by atoms with Gasteiger partial charge in [0.1, 0.15) is 0 Å². The van der Waals surface area contributed by atoms with Gasteiger partial charge in [-0.25, -0.2) is 4.98 Å². The third-order valence-electron chi connectivity index (χ3n) is 3.74. The van der Waals surface area contributed by atoms with E-state index < -0.39 is 0 Å². The van der Waals surface area contributed by atoms with Crippen LogP contribution in [0.3, 0.4) is 0 Å². The molecule has 0 saturated carbocycles. The third kappa shape index (κ3) is 1.68. The summed E-state index contributed by atoms with van der Waals surface area (Å²) in [6, 6.07) is 12.5. The van der Waals surface area contributed by atoms with Gasteiger partial charge in [-0.05, 0) is 29.8 Å². The highest BCUT2D eigenvalue weighted by Gasteiger charge is 2.22. The van der Waals surface area contributed by atoms with E-state index in [1.165, 1.54) is 11.1 Å². The topological polar surface area (TPSA) is 42.7 Å². The van der Waals surface area contributed by atoms with Crippen molar-refractivity contribution in [1.29, 1.82) is 0 Å². The smallest absolute Gasteiger partial charge is 0.203 e. The molecule has 0 radical (unpaired) electrons. The maximum atomic E-state index is 4.62. The molecule has 4 heteroatoms.